The molecule has 0 fully saturated rings. The van der Waals surface area contributed by atoms with Gasteiger partial charge in [-0.1, -0.05) is 0 Å². The van der Waals surface area contributed by atoms with Gasteiger partial charge >= 0.3 is 11.9 Å². The number of hydrogen-bond acceptors (Lipinski definition) is 1. The fourth-order valence-electron chi connectivity index (χ4n) is 0.922. The third kappa shape index (κ3) is 2.54. The van der Waals surface area contributed by atoms with Crippen LogP contribution < -0.4 is 0 Å². The molecule has 72 valence electrons. The van der Waals surface area contributed by atoms with E-state index in [-0.39, 0.29) is 6.42 Å². The predicted octanol–water partition coefficient (Wildman–Crippen LogP) is 1.67. The number of H-pyrrole nitrogens is 1. The fraction of sp³-hybridized carbons (Fsp3) is 0.375. The minimum absolute atomic E-state index is 0.0583. The van der Waals surface area contributed by atoms with Gasteiger partial charge in [0.1, 0.15) is 0 Å². The molecule has 1 aromatic rings. The van der Waals surface area contributed by atoms with Gasteiger partial charge in [-0.2, -0.15) is 8.78 Å². The third-order valence-electron chi connectivity index (χ3n) is 1.70. The highest BCUT2D eigenvalue weighted by Gasteiger charge is 2.37. The lowest BCUT2D eigenvalue weighted by Crippen LogP contribution is -2.28. The second-order valence-corrected chi connectivity index (χ2v) is 2.73. The average Bonchev–Trinajstić information content (AvgIpc) is 2.52. The molecule has 1 rings (SSSR count). The first kappa shape index (κ1) is 9.70. The first-order valence-corrected chi connectivity index (χ1v) is 3.75. The molecular weight excluding hydrogens is 180 g/mol. The summed E-state index contributed by atoms with van der Waals surface area (Å²) in [6.07, 6.45) is 2.56. The molecule has 0 aliphatic heterocycles. The molecule has 3 nitrogen and oxygen atoms in total. The summed E-state index contributed by atoms with van der Waals surface area (Å²) in [5, 5.41) is 8.11. The second-order valence-electron chi connectivity index (χ2n) is 2.73. The van der Waals surface area contributed by atoms with Crippen molar-refractivity contribution >= 4 is 5.97 Å². The Morgan fingerprint density at radius 3 is 2.77 bits per heavy atom. The zero-order chi connectivity index (χ0) is 9.90. The molecule has 0 radical (unpaired) electrons. The van der Waals surface area contributed by atoms with Crippen molar-refractivity contribution in [2.75, 3.05) is 0 Å². The van der Waals surface area contributed by atoms with Crippen molar-refractivity contribution in [1.29, 1.82) is 0 Å². The SMILES string of the molecule is O=C(O)C(F)(F)CCc1cc[nH]c1. The topological polar surface area (TPSA) is 53.1 Å². The van der Waals surface area contributed by atoms with Crippen LogP contribution in [-0.4, -0.2) is 22.0 Å². The molecule has 0 bridgehead atoms. The van der Waals surface area contributed by atoms with Crippen LogP contribution in [0.2, 0.25) is 0 Å². The maximum absolute atomic E-state index is 12.5. The quantitative estimate of drug-likeness (QED) is 0.756. The molecule has 1 aromatic heterocycles. The number of hydrogen-bond donors (Lipinski definition) is 2. The van der Waals surface area contributed by atoms with Crippen molar-refractivity contribution in [2.45, 2.75) is 18.8 Å². The Bertz CT molecular complexity index is 282. The van der Waals surface area contributed by atoms with Gasteiger partial charge in [-0.15, -0.1) is 0 Å². The zero-order valence-electron chi connectivity index (χ0n) is 6.76. The maximum Gasteiger partial charge on any atom is 0.374 e. The predicted molar refractivity (Wildman–Crippen MR) is 41.7 cm³/mol. The highest BCUT2D eigenvalue weighted by Crippen LogP contribution is 2.20. The number of carboxylic acid groups (broad SMARTS) is 1. The Morgan fingerprint density at radius 1 is 1.62 bits per heavy atom. The van der Waals surface area contributed by atoms with Gasteiger partial charge in [0.2, 0.25) is 0 Å². The molecule has 1 heterocycles. The summed E-state index contributed by atoms with van der Waals surface area (Å²) in [5.74, 6) is -5.69. The van der Waals surface area contributed by atoms with Crippen LogP contribution in [0.3, 0.4) is 0 Å². The molecule has 0 saturated carbocycles. The van der Waals surface area contributed by atoms with Crippen LogP contribution in [0.15, 0.2) is 18.5 Å². The molecule has 0 spiro atoms. The summed E-state index contributed by atoms with van der Waals surface area (Å²) in [6.45, 7) is 0. The average molecular weight is 189 g/mol. The molecule has 0 aliphatic carbocycles. The van der Waals surface area contributed by atoms with E-state index in [1.165, 1.54) is 0 Å². The standard InChI is InChI=1S/C8H9F2NO2/c9-8(10,7(12)13)3-1-6-2-4-11-5-6/h2,4-5,11H,1,3H2,(H,12,13). The van der Waals surface area contributed by atoms with E-state index in [4.69, 9.17) is 5.11 Å². The number of carbonyl (C=O) groups is 1. The summed E-state index contributed by atoms with van der Waals surface area (Å²) in [4.78, 5) is 12.7. The van der Waals surface area contributed by atoms with E-state index in [0.29, 0.717) is 5.56 Å². The second kappa shape index (κ2) is 3.55. The minimum atomic E-state index is -3.63. The molecule has 13 heavy (non-hydrogen) atoms. The molecule has 0 amide bonds. The lowest BCUT2D eigenvalue weighted by Gasteiger charge is -2.09. The van der Waals surface area contributed by atoms with Crippen molar-refractivity contribution in [2.24, 2.45) is 0 Å². The minimum Gasteiger partial charge on any atom is -0.477 e. The van der Waals surface area contributed by atoms with Gasteiger partial charge in [0.25, 0.3) is 0 Å². The van der Waals surface area contributed by atoms with E-state index in [1.807, 2.05) is 0 Å². The van der Waals surface area contributed by atoms with Crippen molar-refractivity contribution < 1.29 is 18.7 Å². The summed E-state index contributed by atoms with van der Waals surface area (Å²) >= 11 is 0. The van der Waals surface area contributed by atoms with E-state index in [9.17, 15) is 13.6 Å². The summed E-state index contributed by atoms with van der Waals surface area (Å²) < 4.78 is 25.1. The number of halogens is 2. The molecule has 2 N–H and O–H groups in total. The van der Waals surface area contributed by atoms with E-state index in [1.54, 1.807) is 18.5 Å². The van der Waals surface area contributed by atoms with Crippen molar-refractivity contribution in [1.82, 2.24) is 4.98 Å². The molecule has 0 unspecified atom stereocenters. The molecule has 5 heteroatoms. The molecule has 0 atom stereocenters. The van der Waals surface area contributed by atoms with Crippen LogP contribution in [0.4, 0.5) is 8.78 Å². The monoisotopic (exact) mass is 189 g/mol. The van der Waals surface area contributed by atoms with Crippen molar-refractivity contribution in [3.05, 3.63) is 24.0 Å². The summed E-state index contributed by atoms with van der Waals surface area (Å²) in [7, 11) is 0. The van der Waals surface area contributed by atoms with Gasteiger partial charge in [0.15, 0.2) is 0 Å². The van der Waals surface area contributed by atoms with Gasteiger partial charge in [0.05, 0.1) is 0 Å². The highest BCUT2D eigenvalue weighted by molar-refractivity contribution is 5.75. The smallest absolute Gasteiger partial charge is 0.374 e. The molecule has 0 aromatic carbocycles. The number of nitrogens with one attached hydrogen (secondary N) is 1. The van der Waals surface area contributed by atoms with Crippen LogP contribution >= 0.6 is 0 Å². The first-order chi connectivity index (χ1) is 6.02. The van der Waals surface area contributed by atoms with E-state index < -0.39 is 18.3 Å². The summed E-state index contributed by atoms with van der Waals surface area (Å²) in [6, 6.07) is 1.64. The Kier molecular flexibility index (Phi) is 2.65. The lowest BCUT2D eigenvalue weighted by molar-refractivity contribution is -0.165. The van der Waals surface area contributed by atoms with Gasteiger partial charge in [0, 0.05) is 18.8 Å². The molecule has 0 saturated heterocycles. The van der Waals surface area contributed by atoms with Gasteiger partial charge < -0.3 is 10.1 Å². The number of alkyl halides is 2. The Labute approximate surface area is 73.4 Å². The normalized spacial score (nSPS) is 11.5. The fourth-order valence-corrected chi connectivity index (χ4v) is 0.922. The third-order valence-corrected chi connectivity index (χ3v) is 1.70. The van der Waals surface area contributed by atoms with Crippen LogP contribution in [0.5, 0.6) is 0 Å². The van der Waals surface area contributed by atoms with Crippen molar-refractivity contribution in [3.63, 3.8) is 0 Å². The van der Waals surface area contributed by atoms with Crippen LogP contribution in [0.1, 0.15) is 12.0 Å². The zero-order valence-corrected chi connectivity index (χ0v) is 6.76. The maximum atomic E-state index is 12.5. The molecular formula is C8H9F2NO2. The molecule has 0 aliphatic rings. The highest BCUT2D eigenvalue weighted by atomic mass is 19.3. The van der Waals surface area contributed by atoms with E-state index in [0.717, 1.165) is 0 Å². The first-order valence-electron chi connectivity index (χ1n) is 3.75. The number of aromatic amines is 1. The Balaban J connectivity index is 2.47. The van der Waals surface area contributed by atoms with Crippen LogP contribution in [0, 0.1) is 0 Å². The number of carboxylic acids is 1. The number of aryl methyl sites for hydroxylation is 1. The largest absolute Gasteiger partial charge is 0.477 e. The van der Waals surface area contributed by atoms with Gasteiger partial charge in [-0.3, -0.25) is 0 Å². The van der Waals surface area contributed by atoms with Gasteiger partial charge in [-0.05, 0) is 18.1 Å². The lowest BCUT2D eigenvalue weighted by atomic mass is 10.1. The number of aromatic nitrogens is 1. The Morgan fingerprint density at radius 2 is 2.31 bits per heavy atom. The number of rotatable bonds is 4. The van der Waals surface area contributed by atoms with E-state index in [2.05, 4.69) is 4.98 Å². The summed E-state index contributed by atoms with van der Waals surface area (Å²) in [5.41, 5.74) is 0.681. The van der Waals surface area contributed by atoms with Crippen molar-refractivity contribution in [3.8, 4) is 0 Å². The Hall–Kier alpha value is -1.39. The van der Waals surface area contributed by atoms with E-state index >= 15 is 0 Å². The van der Waals surface area contributed by atoms with Gasteiger partial charge in [-0.25, -0.2) is 4.79 Å². The van der Waals surface area contributed by atoms with Crippen LogP contribution in [-0.2, 0) is 11.2 Å². The number of aliphatic carboxylic acids is 1. The van der Waals surface area contributed by atoms with Crippen LogP contribution in [0.25, 0.3) is 0 Å².